The van der Waals surface area contributed by atoms with E-state index in [2.05, 4.69) is 0 Å². The molecule has 0 N–H and O–H groups in total. The zero-order valence-electron chi connectivity index (χ0n) is 11.1. The van der Waals surface area contributed by atoms with Gasteiger partial charge in [-0.05, 0) is 44.9 Å². The molecule has 3 nitrogen and oxygen atoms in total. The third-order valence-electron chi connectivity index (χ3n) is 2.25. The largest absolute Gasteiger partial charge is 0.460 e. The van der Waals surface area contributed by atoms with Crippen molar-refractivity contribution in [2.45, 2.75) is 39.2 Å². The van der Waals surface area contributed by atoms with Crippen LogP contribution in [0.1, 0.15) is 38.3 Å². The molecule has 0 bridgehead atoms. The summed E-state index contributed by atoms with van der Waals surface area (Å²) in [6, 6.07) is 3.57. The van der Waals surface area contributed by atoms with Crippen LogP contribution in [0.4, 0.5) is 8.78 Å². The van der Waals surface area contributed by atoms with Crippen molar-refractivity contribution in [3.05, 3.63) is 34.9 Å². The summed E-state index contributed by atoms with van der Waals surface area (Å²) in [4.78, 5) is 11.5. The van der Waals surface area contributed by atoms with Crippen LogP contribution in [0.25, 0.3) is 0 Å². The minimum absolute atomic E-state index is 0.0298. The van der Waals surface area contributed by atoms with E-state index >= 15 is 0 Å². The van der Waals surface area contributed by atoms with Gasteiger partial charge < -0.3 is 4.74 Å². The van der Waals surface area contributed by atoms with E-state index < -0.39 is 28.8 Å². The third kappa shape index (κ3) is 4.66. The first kappa shape index (κ1) is 15.1. The molecular weight excluding hydrogens is 252 g/mol. The summed E-state index contributed by atoms with van der Waals surface area (Å²) in [6.45, 7) is 5.23. The normalized spacial score (nSPS) is 10.9. The summed E-state index contributed by atoms with van der Waals surface area (Å²) in [6.07, 6.45) is 0.191. The molecule has 0 saturated carbocycles. The Morgan fingerprint density at radius 2 is 1.84 bits per heavy atom. The quantitative estimate of drug-likeness (QED) is 0.791. The molecule has 0 aliphatic heterocycles. The van der Waals surface area contributed by atoms with E-state index in [1.54, 1.807) is 20.8 Å². The lowest BCUT2D eigenvalue weighted by Gasteiger charge is -2.19. The van der Waals surface area contributed by atoms with Gasteiger partial charge in [0, 0.05) is 6.42 Å². The molecule has 0 aliphatic rings. The van der Waals surface area contributed by atoms with Crippen molar-refractivity contribution < 1.29 is 18.3 Å². The maximum absolute atomic E-state index is 13.3. The lowest BCUT2D eigenvalue weighted by Crippen LogP contribution is -2.24. The fourth-order valence-corrected chi connectivity index (χ4v) is 1.52. The second-order valence-electron chi connectivity index (χ2n) is 5.13. The molecule has 0 heterocycles. The molecule has 0 unspecified atom stereocenters. The van der Waals surface area contributed by atoms with Gasteiger partial charge in [-0.1, -0.05) is 0 Å². The first-order valence-electron chi connectivity index (χ1n) is 5.83. The van der Waals surface area contributed by atoms with Gasteiger partial charge in [0.2, 0.25) is 0 Å². The number of hydrogen-bond acceptors (Lipinski definition) is 3. The second kappa shape index (κ2) is 5.79. The Hall–Kier alpha value is -1.96. The molecule has 19 heavy (non-hydrogen) atoms. The summed E-state index contributed by atoms with van der Waals surface area (Å²) in [5.74, 6) is -2.26. The molecule has 0 saturated heterocycles. The van der Waals surface area contributed by atoms with E-state index in [-0.39, 0.29) is 12.8 Å². The van der Waals surface area contributed by atoms with Crippen molar-refractivity contribution >= 4 is 5.97 Å². The molecule has 0 amide bonds. The van der Waals surface area contributed by atoms with Gasteiger partial charge in [0.25, 0.3) is 0 Å². The Balaban J connectivity index is 2.70. The first-order valence-corrected chi connectivity index (χ1v) is 5.83. The van der Waals surface area contributed by atoms with E-state index in [4.69, 9.17) is 10.00 Å². The molecule has 102 valence electrons. The molecule has 0 fully saturated rings. The fraction of sp³-hybridized carbons (Fsp3) is 0.429. The van der Waals surface area contributed by atoms with Crippen LogP contribution in [0.15, 0.2) is 12.1 Å². The van der Waals surface area contributed by atoms with Crippen LogP contribution in [0, 0.1) is 23.0 Å². The van der Waals surface area contributed by atoms with E-state index in [0.29, 0.717) is 5.56 Å². The summed E-state index contributed by atoms with van der Waals surface area (Å²) in [5.41, 5.74) is -0.876. The van der Waals surface area contributed by atoms with Crippen LogP contribution < -0.4 is 0 Å². The van der Waals surface area contributed by atoms with Crippen LogP contribution in [0.3, 0.4) is 0 Å². The third-order valence-corrected chi connectivity index (χ3v) is 2.25. The van der Waals surface area contributed by atoms with E-state index in [1.165, 1.54) is 6.07 Å². The topological polar surface area (TPSA) is 50.1 Å². The summed E-state index contributed by atoms with van der Waals surface area (Å²) >= 11 is 0. The zero-order chi connectivity index (χ0) is 14.6. The highest BCUT2D eigenvalue weighted by Gasteiger charge is 2.17. The van der Waals surface area contributed by atoms with Gasteiger partial charge in [-0.2, -0.15) is 5.26 Å². The maximum Gasteiger partial charge on any atom is 0.306 e. The highest BCUT2D eigenvalue weighted by Crippen LogP contribution is 2.16. The average Bonchev–Trinajstić information content (AvgIpc) is 2.23. The Bertz CT molecular complexity index is 504. The summed E-state index contributed by atoms with van der Waals surface area (Å²) in [5, 5.41) is 8.53. The van der Waals surface area contributed by atoms with Gasteiger partial charge in [-0.25, -0.2) is 8.78 Å². The van der Waals surface area contributed by atoms with Crippen molar-refractivity contribution in [3.63, 3.8) is 0 Å². The van der Waals surface area contributed by atoms with Crippen LogP contribution in [-0.2, 0) is 16.0 Å². The highest BCUT2D eigenvalue weighted by molar-refractivity contribution is 5.70. The standard InChI is InChI=1S/C14H15F2NO2/c1-14(2,3)19-13(18)5-4-9-6-11(15)10(8-17)12(16)7-9/h6-7H,4-5H2,1-3H3. The zero-order valence-corrected chi connectivity index (χ0v) is 11.1. The van der Waals surface area contributed by atoms with Crippen molar-refractivity contribution in [1.82, 2.24) is 0 Å². The van der Waals surface area contributed by atoms with Crippen LogP contribution >= 0.6 is 0 Å². The molecule has 1 rings (SSSR count). The molecule has 1 aromatic rings. The van der Waals surface area contributed by atoms with Gasteiger partial charge in [0.15, 0.2) is 0 Å². The minimum Gasteiger partial charge on any atom is -0.460 e. The number of aryl methyl sites for hydroxylation is 1. The summed E-state index contributed by atoms with van der Waals surface area (Å²) in [7, 11) is 0. The van der Waals surface area contributed by atoms with Crippen LogP contribution in [-0.4, -0.2) is 11.6 Å². The highest BCUT2D eigenvalue weighted by atomic mass is 19.1. The minimum atomic E-state index is -0.915. The smallest absolute Gasteiger partial charge is 0.306 e. The van der Waals surface area contributed by atoms with Gasteiger partial charge in [0.05, 0.1) is 0 Å². The van der Waals surface area contributed by atoms with E-state index in [0.717, 1.165) is 12.1 Å². The number of rotatable bonds is 3. The second-order valence-corrected chi connectivity index (χ2v) is 5.13. The number of esters is 1. The fourth-order valence-electron chi connectivity index (χ4n) is 1.52. The number of carbonyl (C=O) groups excluding carboxylic acids is 1. The molecule has 5 heteroatoms. The number of hydrogen-bond donors (Lipinski definition) is 0. The maximum atomic E-state index is 13.3. The number of ether oxygens (including phenoxy) is 1. The van der Waals surface area contributed by atoms with Crippen LogP contribution in [0.5, 0.6) is 0 Å². The monoisotopic (exact) mass is 267 g/mol. The molecule has 0 spiro atoms. The Labute approximate surface area is 110 Å². The van der Waals surface area contributed by atoms with E-state index in [9.17, 15) is 13.6 Å². The van der Waals surface area contributed by atoms with Crippen molar-refractivity contribution in [2.24, 2.45) is 0 Å². The predicted molar refractivity (Wildman–Crippen MR) is 65.2 cm³/mol. The molecule has 1 aromatic carbocycles. The van der Waals surface area contributed by atoms with Crippen LogP contribution in [0.2, 0.25) is 0 Å². The number of halogens is 2. The Morgan fingerprint density at radius 3 is 2.26 bits per heavy atom. The number of benzene rings is 1. The predicted octanol–water partition coefficient (Wildman–Crippen LogP) is 3.11. The first-order chi connectivity index (χ1) is 8.73. The van der Waals surface area contributed by atoms with E-state index in [1.807, 2.05) is 0 Å². The Kier molecular flexibility index (Phi) is 4.60. The lowest BCUT2D eigenvalue weighted by molar-refractivity contribution is -0.154. The summed E-state index contributed by atoms with van der Waals surface area (Å²) < 4.78 is 31.7. The van der Waals surface area contributed by atoms with Gasteiger partial charge >= 0.3 is 5.97 Å². The number of carbonyl (C=O) groups is 1. The number of nitrogens with zero attached hydrogens (tertiary/aromatic N) is 1. The van der Waals surface area contributed by atoms with Gasteiger partial charge in [-0.3, -0.25) is 4.79 Å². The average molecular weight is 267 g/mol. The van der Waals surface area contributed by atoms with Gasteiger partial charge in [0.1, 0.15) is 28.9 Å². The molecule has 0 radical (unpaired) electrons. The molecular formula is C14H15F2NO2. The molecule has 0 aromatic heterocycles. The lowest BCUT2D eigenvalue weighted by atomic mass is 10.1. The molecule has 0 aliphatic carbocycles. The van der Waals surface area contributed by atoms with Gasteiger partial charge in [-0.15, -0.1) is 0 Å². The van der Waals surface area contributed by atoms with Crippen molar-refractivity contribution in [1.29, 1.82) is 5.26 Å². The Morgan fingerprint density at radius 1 is 1.32 bits per heavy atom. The number of nitriles is 1. The SMILES string of the molecule is CC(C)(C)OC(=O)CCc1cc(F)c(C#N)c(F)c1. The molecule has 0 atom stereocenters. The van der Waals surface area contributed by atoms with Crippen molar-refractivity contribution in [3.8, 4) is 6.07 Å². The van der Waals surface area contributed by atoms with Crippen molar-refractivity contribution in [2.75, 3.05) is 0 Å².